The van der Waals surface area contributed by atoms with Crippen LogP contribution in [0.4, 0.5) is 0 Å². The molecule has 1 aliphatic carbocycles. The highest BCUT2D eigenvalue weighted by Gasteiger charge is 2.18. The van der Waals surface area contributed by atoms with Crippen LogP contribution >= 0.6 is 0 Å². The van der Waals surface area contributed by atoms with Crippen LogP contribution in [-0.2, 0) is 0 Å². The maximum atomic E-state index is 12.0. The first-order chi connectivity index (χ1) is 8.74. The number of pyridine rings is 1. The van der Waals surface area contributed by atoms with Crippen molar-refractivity contribution in [2.45, 2.75) is 25.3 Å². The normalized spacial score (nSPS) is 15.3. The minimum atomic E-state index is 0.0379. The molecule has 0 unspecified atom stereocenters. The second kappa shape index (κ2) is 4.33. The number of aromatic nitrogens is 1. The van der Waals surface area contributed by atoms with E-state index in [0.29, 0.717) is 6.04 Å². The number of rotatable bonds is 3. The molecule has 1 saturated carbocycles. The molecular formula is C15H16N2O. The molecule has 2 aromatic rings. The summed E-state index contributed by atoms with van der Waals surface area (Å²) in [5.41, 5.74) is 2.49. The summed E-state index contributed by atoms with van der Waals surface area (Å²) in [5, 5.41) is 4.08. The lowest BCUT2D eigenvalue weighted by molar-refractivity contribution is 0.378. The first-order valence-electron chi connectivity index (χ1n) is 6.32. The van der Waals surface area contributed by atoms with Crippen LogP contribution in [0.5, 0.6) is 0 Å². The van der Waals surface area contributed by atoms with Gasteiger partial charge in [-0.25, -0.2) is 0 Å². The van der Waals surface area contributed by atoms with Gasteiger partial charge in [0.2, 0.25) is 0 Å². The van der Waals surface area contributed by atoms with Gasteiger partial charge in [0.1, 0.15) is 0 Å². The first kappa shape index (κ1) is 11.1. The van der Waals surface area contributed by atoms with Crippen molar-refractivity contribution in [1.82, 2.24) is 10.3 Å². The predicted octanol–water partition coefficient (Wildman–Crippen LogP) is 2.64. The van der Waals surface area contributed by atoms with Crippen molar-refractivity contribution in [2.24, 2.45) is 0 Å². The molecule has 3 heteroatoms. The first-order valence-corrected chi connectivity index (χ1v) is 6.32. The summed E-state index contributed by atoms with van der Waals surface area (Å²) in [6, 6.07) is 9.68. The molecule has 0 saturated heterocycles. The van der Waals surface area contributed by atoms with E-state index < -0.39 is 0 Å². The molecule has 0 aliphatic heterocycles. The Morgan fingerprint density at radius 3 is 2.83 bits per heavy atom. The molecule has 1 aromatic heterocycles. The Balaban J connectivity index is 1.96. The molecule has 3 nitrogen and oxygen atoms in total. The SMILES string of the molecule is C=C(NC1CCC1)c1cc(=O)c2ccccc2[nH]1. The van der Waals surface area contributed by atoms with Gasteiger partial charge in [-0.15, -0.1) is 0 Å². The van der Waals surface area contributed by atoms with Crippen molar-refractivity contribution < 1.29 is 0 Å². The van der Waals surface area contributed by atoms with Gasteiger partial charge in [-0.05, 0) is 31.4 Å². The van der Waals surface area contributed by atoms with Crippen molar-refractivity contribution in [1.29, 1.82) is 0 Å². The van der Waals surface area contributed by atoms with E-state index in [-0.39, 0.29) is 5.43 Å². The maximum absolute atomic E-state index is 12.0. The van der Waals surface area contributed by atoms with Crippen molar-refractivity contribution in [3.63, 3.8) is 0 Å². The van der Waals surface area contributed by atoms with Gasteiger partial charge in [-0.1, -0.05) is 18.7 Å². The van der Waals surface area contributed by atoms with Crippen LogP contribution in [0.3, 0.4) is 0 Å². The Hall–Kier alpha value is -2.03. The van der Waals surface area contributed by atoms with Crippen molar-refractivity contribution in [3.05, 3.63) is 52.8 Å². The monoisotopic (exact) mass is 240 g/mol. The summed E-state index contributed by atoms with van der Waals surface area (Å²) in [4.78, 5) is 15.2. The summed E-state index contributed by atoms with van der Waals surface area (Å²) in [5.74, 6) is 0. The number of nitrogens with one attached hydrogen (secondary N) is 2. The van der Waals surface area contributed by atoms with Crippen molar-refractivity contribution >= 4 is 16.6 Å². The van der Waals surface area contributed by atoms with E-state index in [2.05, 4.69) is 16.9 Å². The fourth-order valence-corrected chi connectivity index (χ4v) is 2.24. The zero-order chi connectivity index (χ0) is 12.5. The third-order valence-electron chi connectivity index (χ3n) is 3.55. The Kier molecular flexibility index (Phi) is 2.67. The van der Waals surface area contributed by atoms with E-state index in [1.54, 1.807) is 6.07 Å². The van der Waals surface area contributed by atoms with Gasteiger partial charge in [0.15, 0.2) is 5.43 Å². The van der Waals surface area contributed by atoms with Gasteiger partial charge >= 0.3 is 0 Å². The topological polar surface area (TPSA) is 44.9 Å². The molecule has 1 heterocycles. The van der Waals surface area contributed by atoms with Gasteiger partial charge in [0, 0.05) is 23.0 Å². The highest BCUT2D eigenvalue weighted by atomic mass is 16.1. The molecule has 1 aliphatic rings. The van der Waals surface area contributed by atoms with Crippen LogP contribution in [0.15, 0.2) is 41.7 Å². The minimum Gasteiger partial charge on any atom is -0.381 e. The second-order valence-electron chi connectivity index (χ2n) is 4.84. The number of H-pyrrole nitrogens is 1. The standard InChI is InChI=1S/C15H16N2O/c1-10(16-11-5-4-6-11)14-9-15(18)12-7-2-3-8-13(12)17-14/h2-3,7-9,11,16H,1,4-6H2,(H,17,18). The summed E-state index contributed by atoms with van der Waals surface area (Å²) >= 11 is 0. The quantitative estimate of drug-likeness (QED) is 0.866. The molecule has 0 spiro atoms. The summed E-state index contributed by atoms with van der Waals surface area (Å²) < 4.78 is 0. The number of aromatic amines is 1. The second-order valence-corrected chi connectivity index (χ2v) is 4.84. The molecule has 0 bridgehead atoms. The summed E-state index contributed by atoms with van der Waals surface area (Å²) in [7, 11) is 0. The minimum absolute atomic E-state index is 0.0379. The van der Waals surface area contributed by atoms with Gasteiger partial charge in [-0.2, -0.15) is 0 Å². The molecule has 92 valence electrons. The van der Waals surface area contributed by atoms with Gasteiger partial charge < -0.3 is 10.3 Å². The highest BCUT2D eigenvalue weighted by molar-refractivity contribution is 5.80. The summed E-state index contributed by atoms with van der Waals surface area (Å²) in [6.07, 6.45) is 3.66. The predicted molar refractivity (Wildman–Crippen MR) is 74.4 cm³/mol. The van der Waals surface area contributed by atoms with Crippen LogP contribution in [0.25, 0.3) is 16.6 Å². The van der Waals surface area contributed by atoms with Gasteiger partial charge in [-0.3, -0.25) is 4.79 Å². The zero-order valence-electron chi connectivity index (χ0n) is 10.2. The number of hydrogen-bond acceptors (Lipinski definition) is 2. The van der Waals surface area contributed by atoms with Gasteiger partial charge in [0.05, 0.1) is 11.4 Å². The van der Waals surface area contributed by atoms with Crippen LogP contribution < -0.4 is 10.7 Å². The molecule has 0 atom stereocenters. The van der Waals surface area contributed by atoms with E-state index in [1.807, 2.05) is 24.3 Å². The average Bonchev–Trinajstić information content (AvgIpc) is 2.33. The fourth-order valence-electron chi connectivity index (χ4n) is 2.24. The van der Waals surface area contributed by atoms with Crippen LogP contribution in [0.2, 0.25) is 0 Å². The van der Waals surface area contributed by atoms with Crippen molar-refractivity contribution in [2.75, 3.05) is 0 Å². The van der Waals surface area contributed by atoms with Crippen LogP contribution in [0, 0.1) is 0 Å². The zero-order valence-corrected chi connectivity index (χ0v) is 10.2. The van der Waals surface area contributed by atoms with E-state index in [4.69, 9.17) is 0 Å². The lowest BCUT2D eigenvalue weighted by Crippen LogP contribution is -2.33. The molecule has 1 fully saturated rings. The van der Waals surface area contributed by atoms with E-state index >= 15 is 0 Å². The molecule has 2 N–H and O–H groups in total. The largest absolute Gasteiger partial charge is 0.381 e. The third kappa shape index (κ3) is 1.92. The van der Waals surface area contributed by atoms with E-state index in [0.717, 1.165) is 22.3 Å². The molecule has 0 amide bonds. The van der Waals surface area contributed by atoms with Crippen LogP contribution in [-0.4, -0.2) is 11.0 Å². The average molecular weight is 240 g/mol. The molecule has 18 heavy (non-hydrogen) atoms. The Bertz CT molecular complexity index is 653. The lowest BCUT2D eigenvalue weighted by Gasteiger charge is -2.28. The Morgan fingerprint density at radius 2 is 2.11 bits per heavy atom. The molecular weight excluding hydrogens is 224 g/mol. The van der Waals surface area contributed by atoms with Crippen LogP contribution in [0.1, 0.15) is 25.0 Å². The van der Waals surface area contributed by atoms with Crippen molar-refractivity contribution in [3.8, 4) is 0 Å². The number of benzene rings is 1. The maximum Gasteiger partial charge on any atom is 0.190 e. The van der Waals surface area contributed by atoms with E-state index in [9.17, 15) is 4.79 Å². The number of fused-ring (bicyclic) bond motifs is 1. The summed E-state index contributed by atoms with van der Waals surface area (Å²) in [6.45, 7) is 4.01. The number of para-hydroxylation sites is 1. The van der Waals surface area contributed by atoms with E-state index in [1.165, 1.54) is 19.3 Å². The molecule has 3 rings (SSSR count). The molecule has 0 radical (unpaired) electrons. The Morgan fingerprint density at radius 1 is 1.33 bits per heavy atom. The third-order valence-corrected chi connectivity index (χ3v) is 3.55. The lowest BCUT2D eigenvalue weighted by atomic mass is 9.93. The van der Waals surface area contributed by atoms with Gasteiger partial charge in [0.25, 0.3) is 0 Å². The smallest absolute Gasteiger partial charge is 0.190 e. The number of hydrogen-bond donors (Lipinski definition) is 2. The molecule has 1 aromatic carbocycles. The fraction of sp³-hybridized carbons (Fsp3) is 0.267. The highest BCUT2D eigenvalue weighted by Crippen LogP contribution is 2.21. The Labute approximate surface area is 106 Å².